The molecule has 0 saturated carbocycles. The van der Waals surface area contributed by atoms with Gasteiger partial charge in [-0.3, -0.25) is 0 Å². The van der Waals surface area contributed by atoms with Crippen molar-refractivity contribution >= 4 is 23.3 Å². The van der Waals surface area contributed by atoms with Crippen LogP contribution in [0, 0.1) is 11.3 Å². The molecule has 1 N–H and O–H groups in total. The number of carbonyl (C=O) groups excluding carboxylic acids is 1. The Morgan fingerprint density at radius 2 is 2.26 bits per heavy atom. The molecule has 19 heavy (non-hydrogen) atoms. The van der Waals surface area contributed by atoms with Gasteiger partial charge in [-0.15, -0.1) is 0 Å². The lowest BCUT2D eigenvalue weighted by Crippen LogP contribution is -2.52. The van der Waals surface area contributed by atoms with Gasteiger partial charge in [0, 0.05) is 31.2 Å². The number of urea groups is 1. The zero-order valence-corrected chi connectivity index (χ0v) is 11.0. The number of halogens is 1. The van der Waals surface area contributed by atoms with Crippen LogP contribution in [0.3, 0.4) is 0 Å². The number of nitrogens with zero attached hydrogens (tertiary/aromatic N) is 3. The summed E-state index contributed by atoms with van der Waals surface area (Å²) in [6.45, 7) is 2.79. The van der Waals surface area contributed by atoms with E-state index in [2.05, 4.69) is 16.3 Å². The fraction of sp³-hybridized carbons (Fsp3) is 0.385. The maximum Gasteiger partial charge on any atom is 0.317 e. The molecule has 1 atom stereocenters. The SMILES string of the molecule is N#Cc1ccc(Cl)cc1N1CCN2C(=O)NC[C@@H]2C1. The summed E-state index contributed by atoms with van der Waals surface area (Å²) in [5, 5.41) is 12.6. The molecule has 2 aliphatic rings. The molecule has 1 aromatic rings. The molecule has 2 saturated heterocycles. The Kier molecular flexibility index (Phi) is 2.96. The molecular weight excluding hydrogens is 264 g/mol. The maximum absolute atomic E-state index is 11.6. The lowest BCUT2D eigenvalue weighted by molar-refractivity contribution is 0.197. The van der Waals surface area contributed by atoms with E-state index in [9.17, 15) is 10.1 Å². The lowest BCUT2D eigenvalue weighted by Gasteiger charge is -2.38. The first-order chi connectivity index (χ1) is 9.19. The number of benzene rings is 1. The molecule has 0 bridgehead atoms. The van der Waals surface area contributed by atoms with Crippen LogP contribution in [-0.4, -0.2) is 43.2 Å². The first-order valence-electron chi connectivity index (χ1n) is 6.18. The molecule has 6 heteroatoms. The summed E-state index contributed by atoms with van der Waals surface area (Å²) in [7, 11) is 0. The number of nitrogens with one attached hydrogen (secondary N) is 1. The molecule has 0 aliphatic carbocycles. The zero-order chi connectivity index (χ0) is 13.4. The van der Waals surface area contributed by atoms with Gasteiger partial charge in [0.15, 0.2) is 0 Å². The highest BCUT2D eigenvalue weighted by Gasteiger charge is 2.35. The molecule has 0 unspecified atom stereocenters. The topological polar surface area (TPSA) is 59.4 Å². The number of amides is 2. The highest BCUT2D eigenvalue weighted by atomic mass is 35.5. The fourth-order valence-corrected chi connectivity index (χ4v) is 2.85. The van der Waals surface area contributed by atoms with Gasteiger partial charge in [-0.05, 0) is 18.2 Å². The monoisotopic (exact) mass is 276 g/mol. The number of nitriles is 1. The highest BCUT2D eigenvalue weighted by molar-refractivity contribution is 6.30. The standard InChI is InChI=1S/C13H13ClN4O/c14-10-2-1-9(6-15)12(5-10)17-3-4-18-11(8-17)7-16-13(18)19/h1-2,5,11H,3-4,7-8H2,(H,16,19)/t11-/m1/s1. The summed E-state index contributed by atoms with van der Waals surface area (Å²) in [6.07, 6.45) is 0. The minimum absolute atomic E-state index is 0.0104. The Labute approximate surface area is 116 Å². The third kappa shape index (κ3) is 2.08. The van der Waals surface area contributed by atoms with Crippen LogP contribution in [-0.2, 0) is 0 Å². The van der Waals surface area contributed by atoms with E-state index in [0.29, 0.717) is 23.7 Å². The maximum atomic E-state index is 11.6. The van der Waals surface area contributed by atoms with Crippen molar-refractivity contribution in [2.75, 3.05) is 31.1 Å². The number of piperazine rings is 1. The van der Waals surface area contributed by atoms with Crippen LogP contribution in [0.15, 0.2) is 18.2 Å². The van der Waals surface area contributed by atoms with Crippen LogP contribution in [0.2, 0.25) is 5.02 Å². The molecule has 3 rings (SSSR count). The van der Waals surface area contributed by atoms with E-state index in [1.165, 1.54) is 0 Å². The van der Waals surface area contributed by atoms with Gasteiger partial charge in [0.25, 0.3) is 0 Å². The Balaban J connectivity index is 1.86. The Bertz CT molecular complexity index is 568. The smallest absolute Gasteiger partial charge is 0.317 e. The Hall–Kier alpha value is -1.93. The lowest BCUT2D eigenvalue weighted by atomic mass is 10.1. The van der Waals surface area contributed by atoms with Crippen LogP contribution in [0.1, 0.15) is 5.56 Å². The average Bonchev–Trinajstić information content (AvgIpc) is 2.80. The second-order valence-corrected chi connectivity index (χ2v) is 5.19. The van der Waals surface area contributed by atoms with Crippen molar-refractivity contribution in [1.29, 1.82) is 5.26 Å². The summed E-state index contributed by atoms with van der Waals surface area (Å²) in [5.74, 6) is 0. The van der Waals surface area contributed by atoms with Crippen LogP contribution < -0.4 is 10.2 Å². The third-order valence-corrected chi connectivity index (χ3v) is 3.89. The molecule has 2 fully saturated rings. The minimum atomic E-state index is 0.0104. The van der Waals surface area contributed by atoms with Crippen molar-refractivity contribution in [1.82, 2.24) is 10.2 Å². The first-order valence-corrected chi connectivity index (χ1v) is 6.56. The summed E-state index contributed by atoms with van der Waals surface area (Å²) in [4.78, 5) is 15.5. The Morgan fingerprint density at radius 1 is 1.42 bits per heavy atom. The summed E-state index contributed by atoms with van der Waals surface area (Å²) in [6, 6.07) is 7.66. The second-order valence-electron chi connectivity index (χ2n) is 4.75. The highest BCUT2D eigenvalue weighted by Crippen LogP contribution is 2.27. The number of hydrogen-bond donors (Lipinski definition) is 1. The number of fused-ring (bicyclic) bond motifs is 1. The van der Waals surface area contributed by atoms with Gasteiger partial charge in [-0.25, -0.2) is 4.79 Å². The van der Waals surface area contributed by atoms with Crippen LogP contribution in [0.4, 0.5) is 10.5 Å². The summed E-state index contributed by atoms with van der Waals surface area (Å²) in [5.41, 5.74) is 1.48. The van der Waals surface area contributed by atoms with Crippen molar-refractivity contribution < 1.29 is 4.79 Å². The number of rotatable bonds is 1. The fourth-order valence-electron chi connectivity index (χ4n) is 2.68. The molecule has 0 radical (unpaired) electrons. The van der Waals surface area contributed by atoms with Gasteiger partial charge in [-0.1, -0.05) is 11.6 Å². The van der Waals surface area contributed by atoms with E-state index in [-0.39, 0.29) is 12.1 Å². The van der Waals surface area contributed by atoms with Crippen LogP contribution in [0.5, 0.6) is 0 Å². The van der Waals surface area contributed by atoms with Gasteiger partial charge in [-0.2, -0.15) is 5.26 Å². The van der Waals surface area contributed by atoms with Crippen molar-refractivity contribution in [3.8, 4) is 6.07 Å². The van der Waals surface area contributed by atoms with Crippen molar-refractivity contribution in [2.24, 2.45) is 0 Å². The molecule has 2 heterocycles. The van der Waals surface area contributed by atoms with E-state index >= 15 is 0 Å². The number of hydrogen-bond acceptors (Lipinski definition) is 3. The van der Waals surface area contributed by atoms with Gasteiger partial charge in [0.1, 0.15) is 6.07 Å². The predicted octanol–water partition coefficient (Wildman–Crippen LogP) is 1.43. The molecule has 1 aromatic carbocycles. The van der Waals surface area contributed by atoms with Crippen molar-refractivity contribution in [3.05, 3.63) is 28.8 Å². The van der Waals surface area contributed by atoms with E-state index < -0.39 is 0 Å². The summed E-state index contributed by atoms with van der Waals surface area (Å²) < 4.78 is 0. The average molecular weight is 277 g/mol. The van der Waals surface area contributed by atoms with Crippen molar-refractivity contribution in [3.63, 3.8) is 0 Å². The molecule has 2 aliphatic heterocycles. The second kappa shape index (κ2) is 4.63. The molecular formula is C13H13ClN4O. The van der Waals surface area contributed by atoms with Gasteiger partial charge < -0.3 is 15.1 Å². The number of anilines is 1. The number of carbonyl (C=O) groups is 1. The predicted molar refractivity (Wildman–Crippen MR) is 72.3 cm³/mol. The zero-order valence-electron chi connectivity index (χ0n) is 10.3. The largest absolute Gasteiger partial charge is 0.367 e. The van der Waals surface area contributed by atoms with E-state index in [1.807, 2.05) is 11.0 Å². The van der Waals surface area contributed by atoms with E-state index in [1.54, 1.807) is 12.1 Å². The molecule has 98 valence electrons. The molecule has 0 spiro atoms. The Morgan fingerprint density at radius 3 is 3.05 bits per heavy atom. The van der Waals surface area contributed by atoms with Crippen molar-refractivity contribution in [2.45, 2.75) is 6.04 Å². The molecule has 2 amide bonds. The molecule has 5 nitrogen and oxygen atoms in total. The quantitative estimate of drug-likeness (QED) is 0.844. The minimum Gasteiger partial charge on any atom is -0.367 e. The normalized spacial score (nSPS) is 21.9. The van der Waals surface area contributed by atoms with Crippen LogP contribution >= 0.6 is 11.6 Å². The van der Waals surface area contributed by atoms with Gasteiger partial charge in [0.05, 0.1) is 17.3 Å². The van der Waals surface area contributed by atoms with Gasteiger partial charge >= 0.3 is 6.03 Å². The van der Waals surface area contributed by atoms with Gasteiger partial charge in [0.2, 0.25) is 0 Å². The summed E-state index contributed by atoms with van der Waals surface area (Å²) >= 11 is 6.01. The van der Waals surface area contributed by atoms with Crippen LogP contribution in [0.25, 0.3) is 0 Å². The first kappa shape index (κ1) is 12.1. The van der Waals surface area contributed by atoms with E-state index in [0.717, 1.165) is 18.8 Å². The third-order valence-electron chi connectivity index (χ3n) is 3.65. The molecule has 0 aromatic heterocycles. The van der Waals surface area contributed by atoms with E-state index in [4.69, 9.17) is 11.6 Å².